The molecule has 0 saturated carbocycles. The molecule has 0 aliphatic heterocycles. The van der Waals surface area contributed by atoms with Gasteiger partial charge in [0.1, 0.15) is 0 Å². The van der Waals surface area contributed by atoms with E-state index in [1.807, 2.05) is 0 Å². The van der Waals surface area contributed by atoms with E-state index in [9.17, 15) is 71.1 Å². The number of nitrogens with zero attached hydrogens (tertiary/aromatic N) is 3. The predicted molar refractivity (Wildman–Crippen MR) is 241 cm³/mol. The highest BCUT2D eigenvalue weighted by molar-refractivity contribution is 6.13. The molecule has 0 N–H and O–H groups in total. The molecule has 362 valence electrons. The molecule has 0 fully saturated rings. The molecule has 0 amide bonds. The molecule has 3 nitrogen and oxygen atoms in total. The second-order valence-corrected chi connectivity index (χ2v) is 16.8. The Labute approximate surface area is 395 Å². The van der Waals surface area contributed by atoms with E-state index in [0.717, 1.165) is 30.3 Å². The Balaban J connectivity index is 1.28. The zero-order valence-corrected chi connectivity index (χ0v) is 36.0. The lowest BCUT2D eigenvalue weighted by Crippen LogP contribution is -2.12. The summed E-state index contributed by atoms with van der Waals surface area (Å²) in [5, 5.41) is 12.2. The second kappa shape index (κ2) is 16.4. The van der Waals surface area contributed by atoms with Gasteiger partial charge in [-0.25, -0.2) is 0 Å². The van der Waals surface area contributed by atoms with Gasteiger partial charge in [0.25, 0.3) is 0 Å². The molecular weight excluding hydrogens is 976 g/mol. The van der Waals surface area contributed by atoms with Crippen molar-refractivity contribution in [3.63, 3.8) is 0 Å². The fourth-order valence-electron chi connectivity index (χ4n) is 9.34. The van der Waals surface area contributed by atoms with E-state index < -0.39 is 69.8 Å². The first-order chi connectivity index (χ1) is 33.8. The van der Waals surface area contributed by atoms with E-state index in [-0.39, 0.29) is 62.2 Å². The van der Waals surface area contributed by atoms with Crippen LogP contribution in [0.15, 0.2) is 158 Å². The van der Waals surface area contributed by atoms with Crippen LogP contribution in [0.5, 0.6) is 0 Å². The summed E-state index contributed by atoms with van der Waals surface area (Å²) in [5.41, 5.74) is -7.02. The van der Waals surface area contributed by atoms with Gasteiger partial charge in [0.15, 0.2) is 0 Å². The fourth-order valence-corrected chi connectivity index (χ4v) is 9.34. The topological polar surface area (TPSA) is 33.6 Å². The normalized spacial score (nSPS) is 12.9. The maximum absolute atomic E-state index is 14.5. The molecule has 0 unspecified atom stereocenters. The summed E-state index contributed by atoms with van der Waals surface area (Å²) in [5.74, 6) is 0. The number of rotatable bonds is 5. The van der Waals surface area contributed by atoms with E-state index in [4.69, 9.17) is 0 Å². The van der Waals surface area contributed by atoms with Crippen LogP contribution in [-0.4, -0.2) is 9.13 Å². The van der Waals surface area contributed by atoms with Crippen LogP contribution in [0.25, 0.3) is 88.4 Å². The molecule has 0 saturated heterocycles. The quantitative estimate of drug-likeness (QED) is 0.158. The van der Waals surface area contributed by atoms with Crippen molar-refractivity contribution in [3.05, 3.63) is 191 Å². The number of nitriles is 1. The summed E-state index contributed by atoms with van der Waals surface area (Å²) in [4.78, 5) is 0. The van der Waals surface area contributed by atoms with Crippen molar-refractivity contribution >= 4 is 43.6 Å². The summed E-state index contributed by atoms with van der Waals surface area (Å²) in [6.45, 7) is 0. The average Bonchev–Trinajstić information content (AvgIpc) is 3.84. The predicted octanol–water partition coefficient (Wildman–Crippen LogP) is 17.8. The molecule has 0 atom stereocenters. The van der Waals surface area contributed by atoms with E-state index in [2.05, 4.69) is 6.07 Å². The maximum Gasteiger partial charge on any atom is 0.417 e. The zero-order chi connectivity index (χ0) is 51.4. The molecule has 0 aliphatic carbocycles. The average molecular weight is 1000 g/mol. The molecule has 2 aromatic heterocycles. The van der Waals surface area contributed by atoms with Crippen molar-refractivity contribution in [1.29, 1.82) is 5.26 Å². The molecule has 2 heterocycles. The lowest BCUT2D eigenvalue weighted by atomic mass is 9.95. The summed E-state index contributed by atoms with van der Waals surface area (Å²) in [7, 11) is 0. The standard InChI is InChI=1S/C54H26F15N3/c55-50(56,57)32-7-5-6-28(20-32)39-26-49(72-45-11-4-2-9-38(45)41-22-30(13-19-47(41)72)36-17-15-34(52(61,62)63)25-43(36)54(67,68)69)48(23-31(39)27-70)71-44-10-3-1-8-37(44)40-21-29(12-18-46(40)71)35-16-14-33(51(58,59)60)24-42(35)53(64,65)66/h1-26H. The Hall–Kier alpha value is -8.20. The molecule has 0 spiro atoms. The maximum atomic E-state index is 14.5. The monoisotopic (exact) mass is 1000 g/mol. The molecule has 8 aromatic carbocycles. The van der Waals surface area contributed by atoms with E-state index in [0.29, 0.717) is 44.8 Å². The Bertz CT molecular complexity index is 3870. The first-order valence-electron chi connectivity index (χ1n) is 21.2. The van der Waals surface area contributed by atoms with Gasteiger partial charge in [-0.15, -0.1) is 0 Å². The lowest BCUT2D eigenvalue weighted by Gasteiger charge is -2.20. The minimum absolute atomic E-state index is 0.00881. The van der Waals surface area contributed by atoms with Gasteiger partial charge in [0.2, 0.25) is 0 Å². The molecule has 18 heteroatoms. The third-order valence-corrected chi connectivity index (χ3v) is 12.5. The van der Waals surface area contributed by atoms with Gasteiger partial charge < -0.3 is 9.13 Å². The van der Waals surface area contributed by atoms with Crippen molar-refractivity contribution in [3.8, 4) is 50.8 Å². The van der Waals surface area contributed by atoms with Crippen molar-refractivity contribution in [2.75, 3.05) is 0 Å². The first-order valence-corrected chi connectivity index (χ1v) is 21.2. The summed E-state index contributed by atoms with van der Waals surface area (Å²) >= 11 is 0. The van der Waals surface area contributed by atoms with Gasteiger partial charge in [0.05, 0.1) is 72.9 Å². The first kappa shape index (κ1) is 47.5. The number of alkyl halides is 15. The van der Waals surface area contributed by atoms with Crippen LogP contribution < -0.4 is 0 Å². The summed E-state index contributed by atoms with van der Waals surface area (Å²) < 4.78 is 215. The second-order valence-electron chi connectivity index (χ2n) is 16.8. The van der Waals surface area contributed by atoms with Gasteiger partial charge in [-0.1, -0.05) is 72.8 Å². The van der Waals surface area contributed by atoms with Gasteiger partial charge in [-0.05, 0) is 113 Å². The smallest absolute Gasteiger partial charge is 0.307 e. The molecule has 10 rings (SSSR count). The minimum Gasteiger partial charge on any atom is -0.307 e. The number of fused-ring (bicyclic) bond motifs is 6. The molecule has 72 heavy (non-hydrogen) atoms. The Morgan fingerprint density at radius 3 is 1.15 bits per heavy atom. The van der Waals surface area contributed by atoms with Crippen molar-refractivity contribution in [1.82, 2.24) is 9.13 Å². The van der Waals surface area contributed by atoms with Crippen LogP contribution in [0.2, 0.25) is 0 Å². The number of hydrogen-bond acceptors (Lipinski definition) is 1. The van der Waals surface area contributed by atoms with Crippen LogP contribution in [0, 0.1) is 11.3 Å². The van der Waals surface area contributed by atoms with Gasteiger partial charge >= 0.3 is 30.9 Å². The summed E-state index contributed by atoms with van der Waals surface area (Å²) in [6, 6.07) is 32.9. The highest BCUT2D eigenvalue weighted by Crippen LogP contribution is 2.47. The fraction of sp³-hybridized carbons (Fsp3) is 0.0926. The third kappa shape index (κ3) is 8.11. The van der Waals surface area contributed by atoms with Crippen molar-refractivity contribution in [2.24, 2.45) is 0 Å². The van der Waals surface area contributed by atoms with E-state index in [1.54, 1.807) is 57.7 Å². The number of benzene rings is 8. The Morgan fingerprint density at radius 1 is 0.319 bits per heavy atom. The molecule has 0 radical (unpaired) electrons. The molecule has 0 bridgehead atoms. The van der Waals surface area contributed by atoms with Gasteiger partial charge in [-0.2, -0.15) is 71.1 Å². The Kier molecular flexibility index (Phi) is 10.8. The van der Waals surface area contributed by atoms with Crippen LogP contribution in [0.4, 0.5) is 65.9 Å². The lowest BCUT2D eigenvalue weighted by molar-refractivity contribution is -0.144. The Morgan fingerprint density at radius 2 is 0.722 bits per heavy atom. The third-order valence-electron chi connectivity index (χ3n) is 12.5. The molecule has 10 aromatic rings. The molecular formula is C54H26F15N3. The minimum atomic E-state index is -5.22. The summed E-state index contributed by atoms with van der Waals surface area (Å²) in [6.07, 6.45) is -25.4. The van der Waals surface area contributed by atoms with Crippen LogP contribution in [0.3, 0.4) is 0 Å². The largest absolute Gasteiger partial charge is 0.417 e. The number of aromatic nitrogens is 2. The van der Waals surface area contributed by atoms with Crippen LogP contribution >= 0.6 is 0 Å². The number of para-hydroxylation sites is 2. The molecule has 0 aliphatic rings. The highest BCUT2D eigenvalue weighted by atomic mass is 19.4. The number of hydrogen-bond donors (Lipinski definition) is 0. The van der Waals surface area contributed by atoms with E-state index in [1.165, 1.54) is 54.6 Å². The number of halogens is 15. The van der Waals surface area contributed by atoms with Crippen LogP contribution in [-0.2, 0) is 30.9 Å². The SMILES string of the molecule is N#Cc1cc(-n2c3ccccc3c3cc(-c4ccc(C(F)(F)F)cc4C(F)(F)F)ccc32)c(-n2c3ccccc3c3cc(-c4ccc(C(F)(F)F)cc4C(F)(F)F)ccc32)cc1-c1cccc(C(F)(F)F)c1. The zero-order valence-electron chi connectivity index (χ0n) is 36.0. The van der Waals surface area contributed by atoms with Crippen LogP contribution in [0.1, 0.15) is 33.4 Å². The van der Waals surface area contributed by atoms with Crippen molar-refractivity contribution < 1.29 is 65.9 Å². The highest BCUT2D eigenvalue weighted by Gasteiger charge is 2.40. The van der Waals surface area contributed by atoms with Crippen molar-refractivity contribution in [2.45, 2.75) is 30.9 Å². The van der Waals surface area contributed by atoms with Gasteiger partial charge in [-0.3, -0.25) is 0 Å². The van der Waals surface area contributed by atoms with E-state index >= 15 is 0 Å². The van der Waals surface area contributed by atoms with Gasteiger partial charge in [0, 0.05) is 27.1 Å².